The molecular weight excluding hydrogens is 260 g/mol. The maximum atomic E-state index is 6.13. The summed E-state index contributed by atoms with van der Waals surface area (Å²) in [5.74, 6) is 1.51. The van der Waals surface area contributed by atoms with Gasteiger partial charge in [0, 0.05) is 24.2 Å². The first-order valence-corrected chi connectivity index (χ1v) is 7.31. The Morgan fingerprint density at radius 2 is 2.21 bits per heavy atom. The molecule has 3 nitrogen and oxygen atoms in total. The van der Waals surface area contributed by atoms with Crippen molar-refractivity contribution in [3.05, 3.63) is 23.2 Å². The zero-order chi connectivity index (χ0) is 13.8. The summed E-state index contributed by atoms with van der Waals surface area (Å²) < 4.78 is 5.47. The molecule has 1 aromatic rings. The molecule has 0 radical (unpaired) electrons. The number of hydrogen-bond acceptors (Lipinski definition) is 3. The third-order valence-electron chi connectivity index (χ3n) is 3.71. The second-order valence-corrected chi connectivity index (χ2v) is 5.86. The molecule has 1 saturated heterocycles. The van der Waals surface area contributed by atoms with E-state index in [0.29, 0.717) is 12.0 Å². The fourth-order valence-electron chi connectivity index (χ4n) is 2.53. The zero-order valence-corrected chi connectivity index (χ0v) is 12.7. The van der Waals surface area contributed by atoms with Gasteiger partial charge in [0.25, 0.3) is 0 Å². The van der Waals surface area contributed by atoms with Crippen LogP contribution < -0.4 is 15.0 Å². The van der Waals surface area contributed by atoms with Gasteiger partial charge in [0.1, 0.15) is 5.75 Å². The van der Waals surface area contributed by atoms with Crippen LogP contribution in [0.2, 0.25) is 5.02 Å². The number of halogens is 1. The van der Waals surface area contributed by atoms with Gasteiger partial charge >= 0.3 is 0 Å². The van der Waals surface area contributed by atoms with E-state index in [4.69, 9.17) is 16.3 Å². The Labute approximate surface area is 120 Å². The summed E-state index contributed by atoms with van der Waals surface area (Å²) in [7, 11) is 1.71. The van der Waals surface area contributed by atoms with Crippen molar-refractivity contribution in [3.8, 4) is 5.75 Å². The topological polar surface area (TPSA) is 24.5 Å². The Morgan fingerprint density at radius 1 is 1.42 bits per heavy atom. The molecule has 2 rings (SSSR count). The molecule has 1 aromatic carbocycles. The molecule has 1 heterocycles. The third-order valence-corrected chi connectivity index (χ3v) is 3.95. The molecule has 1 N–H and O–H groups in total. The molecule has 1 atom stereocenters. The van der Waals surface area contributed by atoms with Crippen molar-refractivity contribution in [3.63, 3.8) is 0 Å². The van der Waals surface area contributed by atoms with Gasteiger partial charge in [-0.05, 0) is 37.1 Å². The summed E-state index contributed by atoms with van der Waals surface area (Å²) >= 11 is 6.13. The van der Waals surface area contributed by atoms with E-state index in [0.717, 1.165) is 42.5 Å². The number of hydrogen-bond donors (Lipinski definition) is 1. The molecule has 0 aliphatic carbocycles. The van der Waals surface area contributed by atoms with E-state index in [9.17, 15) is 0 Å². The van der Waals surface area contributed by atoms with Gasteiger partial charge in [0.2, 0.25) is 0 Å². The molecule has 1 unspecified atom stereocenters. The highest BCUT2D eigenvalue weighted by molar-refractivity contribution is 6.30. The Kier molecular flexibility index (Phi) is 4.94. The highest BCUT2D eigenvalue weighted by atomic mass is 35.5. The van der Waals surface area contributed by atoms with Crippen LogP contribution in [0.4, 0.5) is 5.69 Å². The van der Waals surface area contributed by atoms with Crippen LogP contribution in [0, 0.1) is 5.92 Å². The second kappa shape index (κ2) is 6.49. The predicted octanol–water partition coefficient (Wildman–Crippen LogP) is 3.17. The number of ether oxygens (including phenoxy) is 1. The lowest BCUT2D eigenvalue weighted by molar-refractivity contribution is 0.407. The number of benzene rings is 1. The monoisotopic (exact) mass is 282 g/mol. The third kappa shape index (κ3) is 3.54. The van der Waals surface area contributed by atoms with Crippen LogP contribution in [0.15, 0.2) is 18.2 Å². The molecule has 0 aromatic heterocycles. The highest BCUT2D eigenvalue weighted by Crippen LogP contribution is 2.32. The minimum Gasteiger partial charge on any atom is -0.495 e. The molecule has 19 heavy (non-hydrogen) atoms. The van der Waals surface area contributed by atoms with Gasteiger partial charge in [-0.3, -0.25) is 0 Å². The van der Waals surface area contributed by atoms with Crippen molar-refractivity contribution in [1.82, 2.24) is 5.32 Å². The standard InChI is InChI=1S/C15H23ClN2O/c1-11(2)13-10-18(8-4-7-17-13)14-9-12(16)5-6-15(14)19-3/h5-6,9,11,13,17H,4,7-8,10H2,1-3H3. The van der Waals surface area contributed by atoms with Gasteiger partial charge in [-0.1, -0.05) is 25.4 Å². The number of nitrogens with one attached hydrogen (secondary N) is 1. The van der Waals surface area contributed by atoms with E-state index < -0.39 is 0 Å². The molecule has 0 saturated carbocycles. The van der Waals surface area contributed by atoms with Gasteiger partial charge in [-0.15, -0.1) is 0 Å². The van der Waals surface area contributed by atoms with Crippen molar-refractivity contribution in [2.24, 2.45) is 5.92 Å². The molecule has 0 bridgehead atoms. The number of methoxy groups -OCH3 is 1. The fourth-order valence-corrected chi connectivity index (χ4v) is 2.69. The number of rotatable bonds is 3. The average Bonchev–Trinajstić information content (AvgIpc) is 2.64. The van der Waals surface area contributed by atoms with Crippen LogP contribution in [0.1, 0.15) is 20.3 Å². The lowest BCUT2D eigenvalue weighted by atomic mass is 10.0. The minimum atomic E-state index is 0.506. The number of anilines is 1. The van der Waals surface area contributed by atoms with Crippen LogP contribution in [0.5, 0.6) is 5.75 Å². The summed E-state index contributed by atoms with van der Waals surface area (Å²) in [5, 5.41) is 4.38. The molecule has 1 aliphatic rings. The van der Waals surface area contributed by atoms with Crippen molar-refractivity contribution < 1.29 is 4.74 Å². The van der Waals surface area contributed by atoms with Crippen LogP contribution in [-0.2, 0) is 0 Å². The average molecular weight is 283 g/mol. The van der Waals surface area contributed by atoms with Crippen LogP contribution in [0.25, 0.3) is 0 Å². The van der Waals surface area contributed by atoms with E-state index in [1.165, 1.54) is 0 Å². The normalized spacial score (nSPS) is 20.5. The van der Waals surface area contributed by atoms with E-state index in [1.54, 1.807) is 7.11 Å². The lowest BCUT2D eigenvalue weighted by Gasteiger charge is -2.29. The smallest absolute Gasteiger partial charge is 0.142 e. The van der Waals surface area contributed by atoms with Gasteiger partial charge in [-0.2, -0.15) is 0 Å². The first kappa shape index (κ1) is 14.5. The van der Waals surface area contributed by atoms with Crippen molar-refractivity contribution in [2.75, 3.05) is 31.6 Å². The Bertz CT molecular complexity index is 423. The SMILES string of the molecule is COc1ccc(Cl)cc1N1CCCNC(C(C)C)C1. The maximum absolute atomic E-state index is 6.13. The predicted molar refractivity (Wildman–Crippen MR) is 81.5 cm³/mol. The van der Waals surface area contributed by atoms with E-state index in [2.05, 4.69) is 24.1 Å². The number of nitrogens with zero attached hydrogens (tertiary/aromatic N) is 1. The molecule has 0 spiro atoms. The zero-order valence-electron chi connectivity index (χ0n) is 11.9. The Hall–Kier alpha value is -0.930. The van der Waals surface area contributed by atoms with Crippen molar-refractivity contribution >= 4 is 17.3 Å². The summed E-state index contributed by atoms with van der Waals surface area (Å²) in [6.07, 6.45) is 1.14. The molecular formula is C15H23ClN2O. The molecule has 4 heteroatoms. The van der Waals surface area contributed by atoms with Gasteiger partial charge in [-0.25, -0.2) is 0 Å². The summed E-state index contributed by atoms with van der Waals surface area (Å²) in [5.41, 5.74) is 1.10. The van der Waals surface area contributed by atoms with Crippen molar-refractivity contribution in [2.45, 2.75) is 26.3 Å². The molecule has 106 valence electrons. The van der Waals surface area contributed by atoms with E-state index in [1.807, 2.05) is 18.2 Å². The fraction of sp³-hybridized carbons (Fsp3) is 0.600. The lowest BCUT2D eigenvalue weighted by Crippen LogP contribution is -2.41. The molecule has 1 fully saturated rings. The summed E-state index contributed by atoms with van der Waals surface area (Å²) in [6.45, 7) is 7.62. The Morgan fingerprint density at radius 3 is 2.89 bits per heavy atom. The van der Waals surface area contributed by atoms with Gasteiger partial charge in [0.15, 0.2) is 0 Å². The highest BCUT2D eigenvalue weighted by Gasteiger charge is 2.22. The minimum absolute atomic E-state index is 0.506. The van der Waals surface area contributed by atoms with E-state index >= 15 is 0 Å². The van der Waals surface area contributed by atoms with Crippen molar-refractivity contribution in [1.29, 1.82) is 0 Å². The first-order valence-electron chi connectivity index (χ1n) is 6.93. The van der Waals surface area contributed by atoms with Gasteiger partial charge < -0.3 is 15.0 Å². The largest absolute Gasteiger partial charge is 0.495 e. The first-order chi connectivity index (χ1) is 9.11. The summed E-state index contributed by atoms with van der Waals surface area (Å²) in [4.78, 5) is 2.38. The van der Waals surface area contributed by atoms with Crippen LogP contribution in [-0.4, -0.2) is 32.8 Å². The maximum Gasteiger partial charge on any atom is 0.142 e. The quantitative estimate of drug-likeness (QED) is 0.922. The van der Waals surface area contributed by atoms with Gasteiger partial charge in [0.05, 0.1) is 12.8 Å². The van der Waals surface area contributed by atoms with E-state index in [-0.39, 0.29) is 0 Å². The summed E-state index contributed by atoms with van der Waals surface area (Å²) in [6, 6.07) is 6.33. The molecule has 1 aliphatic heterocycles. The second-order valence-electron chi connectivity index (χ2n) is 5.42. The Balaban J connectivity index is 2.25. The van der Waals surface area contributed by atoms with Crippen LogP contribution in [0.3, 0.4) is 0 Å². The van der Waals surface area contributed by atoms with Crippen LogP contribution >= 0.6 is 11.6 Å². The molecule has 0 amide bonds.